The molecule has 0 fully saturated rings. The van der Waals surface area contributed by atoms with Crippen LogP contribution >= 0.6 is 11.8 Å². The summed E-state index contributed by atoms with van der Waals surface area (Å²) in [5.41, 5.74) is 7.74. The summed E-state index contributed by atoms with van der Waals surface area (Å²) >= 11 is 1.65. The van der Waals surface area contributed by atoms with Gasteiger partial charge in [0.2, 0.25) is 0 Å². The van der Waals surface area contributed by atoms with E-state index in [-0.39, 0.29) is 32.7 Å². The van der Waals surface area contributed by atoms with Crippen LogP contribution in [-0.2, 0) is 32.7 Å². The first-order valence-electron chi connectivity index (χ1n) is 3.06. The molecule has 1 aromatic rings. The van der Waals surface area contributed by atoms with Crippen LogP contribution in [0.4, 0.5) is 5.69 Å². The van der Waals surface area contributed by atoms with E-state index in [1.807, 2.05) is 25.3 Å². The van der Waals surface area contributed by atoms with Gasteiger partial charge in [-0.1, -0.05) is 17.5 Å². The maximum atomic E-state index is 5.75. The molecule has 0 atom stereocenters. The Kier molecular flexibility index (Phi) is 5.40. The summed E-state index contributed by atoms with van der Waals surface area (Å²) in [6.07, 6.45) is 2.01. The van der Waals surface area contributed by atoms with Gasteiger partial charge in [-0.15, -0.1) is 5.56 Å². The van der Waals surface area contributed by atoms with Crippen LogP contribution in [-0.4, -0.2) is 6.26 Å². The topological polar surface area (TPSA) is 26.0 Å². The van der Waals surface area contributed by atoms with Crippen molar-refractivity contribution >= 4 is 17.4 Å². The van der Waals surface area contributed by atoms with Crippen molar-refractivity contribution < 1.29 is 32.7 Å². The van der Waals surface area contributed by atoms with E-state index in [0.29, 0.717) is 0 Å². The van der Waals surface area contributed by atoms with Gasteiger partial charge in [0.15, 0.2) is 0 Å². The molecule has 57 valence electrons. The van der Waals surface area contributed by atoms with Gasteiger partial charge in [0.1, 0.15) is 0 Å². The molecule has 0 aliphatic rings. The van der Waals surface area contributed by atoms with Gasteiger partial charge in [-0.25, -0.2) is 0 Å². The predicted octanol–water partition coefficient (Wildman–Crippen LogP) is 2.10. The normalized spacial score (nSPS) is 8.91. The van der Waals surface area contributed by atoms with Crippen molar-refractivity contribution in [2.75, 3.05) is 12.0 Å². The van der Waals surface area contributed by atoms with E-state index in [4.69, 9.17) is 5.73 Å². The minimum Gasteiger partial charge on any atom is -0.418 e. The van der Waals surface area contributed by atoms with Gasteiger partial charge in [-0.05, 0) is 6.26 Å². The number of hydrogen-bond acceptors (Lipinski definition) is 2. The average Bonchev–Trinajstić information content (AvgIpc) is 1.95. The van der Waals surface area contributed by atoms with Crippen molar-refractivity contribution in [2.45, 2.75) is 11.8 Å². The molecule has 0 spiro atoms. The molecular formula is C8H10NSY-. The van der Waals surface area contributed by atoms with Crippen molar-refractivity contribution in [2.24, 2.45) is 0 Å². The van der Waals surface area contributed by atoms with Crippen LogP contribution in [0, 0.1) is 13.0 Å². The second-order valence-electron chi connectivity index (χ2n) is 2.12. The van der Waals surface area contributed by atoms with Crippen LogP contribution < -0.4 is 5.73 Å². The Bertz CT molecular complexity index is 238. The number of thioether (sulfide) groups is 1. The molecule has 0 aromatic heterocycles. The molecule has 1 nitrogen and oxygen atoms in total. The molecule has 1 aromatic carbocycles. The zero-order chi connectivity index (χ0) is 7.56. The monoisotopic (exact) mass is 241 g/mol. The van der Waals surface area contributed by atoms with Gasteiger partial charge >= 0.3 is 0 Å². The Hall–Kier alpha value is 0.474. The van der Waals surface area contributed by atoms with Crippen molar-refractivity contribution in [1.29, 1.82) is 0 Å². The van der Waals surface area contributed by atoms with Gasteiger partial charge in [0, 0.05) is 32.7 Å². The molecule has 0 saturated heterocycles. The SMILES string of the molecule is CSc1c[c-]cc(C)c1N.[Y]. The molecule has 11 heavy (non-hydrogen) atoms. The zero-order valence-electron chi connectivity index (χ0n) is 6.72. The number of nitrogens with two attached hydrogens (primary N) is 1. The molecule has 0 unspecified atom stereocenters. The zero-order valence-corrected chi connectivity index (χ0v) is 10.4. The first kappa shape index (κ1) is 11.5. The van der Waals surface area contributed by atoms with E-state index >= 15 is 0 Å². The van der Waals surface area contributed by atoms with Crippen molar-refractivity contribution in [3.05, 3.63) is 23.8 Å². The number of benzene rings is 1. The standard InChI is InChI=1S/C8H10NS.Y/c1-6-4-3-5-7(10-2)8(6)9;/h4-5H,9H2,1-2H3;/q-1;. The number of aryl methyl sites for hydroxylation is 1. The van der Waals surface area contributed by atoms with E-state index in [0.717, 1.165) is 16.1 Å². The van der Waals surface area contributed by atoms with Gasteiger partial charge in [-0.2, -0.15) is 30.0 Å². The summed E-state index contributed by atoms with van der Waals surface area (Å²) in [5.74, 6) is 0. The number of rotatable bonds is 1. The van der Waals surface area contributed by atoms with E-state index in [2.05, 4.69) is 6.07 Å². The van der Waals surface area contributed by atoms with E-state index in [1.54, 1.807) is 11.8 Å². The maximum absolute atomic E-state index is 5.75. The molecule has 1 radical (unpaired) electrons. The smallest absolute Gasteiger partial charge is 0 e. The predicted molar refractivity (Wildman–Crippen MR) is 46.2 cm³/mol. The van der Waals surface area contributed by atoms with E-state index in [9.17, 15) is 0 Å². The molecule has 0 bridgehead atoms. The molecular weight excluding hydrogens is 231 g/mol. The fraction of sp³-hybridized carbons (Fsp3) is 0.250. The van der Waals surface area contributed by atoms with Crippen LogP contribution in [0.2, 0.25) is 0 Å². The number of hydrogen-bond donors (Lipinski definition) is 1. The molecule has 0 heterocycles. The van der Waals surface area contributed by atoms with Crippen molar-refractivity contribution in [3.8, 4) is 0 Å². The number of nitrogen functional groups attached to an aromatic ring is 1. The molecule has 0 aliphatic heterocycles. The second-order valence-corrected chi connectivity index (χ2v) is 2.97. The van der Waals surface area contributed by atoms with Gasteiger partial charge in [-0.3, -0.25) is 0 Å². The van der Waals surface area contributed by atoms with Crippen LogP contribution in [0.25, 0.3) is 0 Å². The fourth-order valence-corrected chi connectivity index (χ4v) is 1.33. The van der Waals surface area contributed by atoms with Crippen molar-refractivity contribution in [1.82, 2.24) is 0 Å². The Morgan fingerprint density at radius 1 is 1.45 bits per heavy atom. The van der Waals surface area contributed by atoms with Gasteiger partial charge < -0.3 is 5.73 Å². The van der Waals surface area contributed by atoms with E-state index in [1.165, 1.54) is 0 Å². The van der Waals surface area contributed by atoms with E-state index < -0.39 is 0 Å². The second kappa shape index (κ2) is 5.18. The Labute approximate surface area is 97.0 Å². The summed E-state index contributed by atoms with van der Waals surface area (Å²) in [7, 11) is 0. The Balaban J connectivity index is 0.000001000. The fourth-order valence-electron chi connectivity index (χ4n) is 0.761. The average molecular weight is 241 g/mol. The van der Waals surface area contributed by atoms with Gasteiger partial charge in [0.05, 0.1) is 0 Å². The Morgan fingerprint density at radius 3 is 2.55 bits per heavy atom. The summed E-state index contributed by atoms with van der Waals surface area (Å²) in [6, 6.07) is 6.83. The molecule has 3 heteroatoms. The number of anilines is 1. The first-order chi connectivity index (χ1) is 4.75. The molecule has 0 saturated carbocycles. The molecule has 2 N–H and O–H groups in total. The molecule has 0 amide bonds. The third-order valence-corrected chi connectivity index (χ3v) is 2.20. The van der Waals surface area contributed by atoms with Crippen molar-refractivity contribution in [3.63, 3.8) is 0 Å². The first-order valence-corrected chi connectivity index (χ1v) is 4.28. The summed E-state index contributed by atoms with van der Waals surface area (Å²) in [5, 5.41) is 0. The third kappa shape index (κ3) is 2.77. The summed E-state index contributed by atoms with van der Waals surface area (Å²) in [6.45, 7) is 1.99. The summed E-state index contributed by atoms with van der Waals surface area (Å²) in [4.78, 5) is 1.11. The maximum Gasteiger partial charge on any atom is 0 e. The third-order valence-electron chi connectivity index (χ3n) is 1.42. The minimum absolute atomic E-state index is 0. The van der Waals surface area contributed by atoms with Gasteiger partial charge in [0.25, 0.3) is 0 Å². The van der Waals surface area contributed by atoms with Crippen LogP contribution in [0.5, 0.6) is 0 Å². The largest absolute Gasteiger partial charge is 0.418 e. The summed E-state index contributed by atoms with van der Waals surface area (Å²) < 4.78 is 0. The van der Waals surface area contributed by atoms with Crippen LogP contribution in [0.1, 0.15) is 5.56 Å². The molecule has 0 aliphatic carbocycles. The van der Waals surface area contributed by atoms with Crippen LogP contribution in [0.3, 0.4) is 0 Å². The quantitative estimate of drug-likeness (QED) is 0.463. The Morgan fingerprint density at radius 2 is 2.09 bits per heavy atom. The van der Waals surface area contributed by atoms with Crippen LogP contribution in [0.15, 0.2) is 17.0 Å². The molecule has 1 rings (SSSR count). The minimum atomic E-state index is 0.